The number of allylic oxidation sites excluding steroid dienone is 1. The molecule has 0 aliphatic heterocycles. The summed E-state index contributed by atoms with van der Waals surface area (Å²) in [5.74, 6) is 0. The van der Waals surface area contributed by atoms with E-state index in [4.69, 9.17) is 0 Å². The summed E-state index contributed by atoms with van der Waals surface area (Å²) < 4.78 is 2.38. The zero-order valence-corrected chi connectivity index (χ0v) is 13.5. The van der Waals surface area contributed by atoms with Crippen LogP contribution in [0.1, 0.15) is 18.1 Å². The van der Waals surface area contributed by atoms with Crippen molar-refractivity contribution in [2.24, 2.45) is 0 Å². The Bertz CT molecular complexity index is 1020. The fraction of sp³-hybridized carbons (Fsp3) is 0.0909. The predicted octanol–water partition coefficient (Wildman–Crippen LogP) is 6.13. The van der Waals surface area contributed by atoms with E-state index in [0.29, 0.717) is 0 Å². The molecular formula is C22H19N. The van der Waals surface area contributed by atoms with Gasteiger partial charge < -0.3 is 4.57 Å². The van der Waals surface area contributed by atoms with E-state index >= 15 is 0 Å². The van der Waals surface area contributed by atoms with Crippen molar-refractivity contribution in [3.8, 4) is 5.69 Å². The number of hydrogen-bond donors (Lipinski definition) is 0. The number of rotatable bonds is 2. The lowest BCUT2D eigenvalue weighted by Gasteiger charge is -2.11. The first-order valence-corrected chi connectivity index (χ1v) is 8.02. The van der Waals surface area contributed by atoms with Crippen molar-refractivity contribution >= 4 is 27.9 Å². The number of para-hydroxylation sites is 2. The molecule has 0 radical (unpaired) electrons. The second-order valence-electron chi connectivity index (χ2n) is 5.86. The molecule has 0 N–H and O–H groups in total. The summed E-state index contributed by atoms with van der Waals surface area (Å²) in [6.45, 7) is 4.28. The molecular weight excluding hydrogens is 278 g/mol. The van der Waals surface area contributed by atoms with Gasteiger partial charge in [-0.15, -0.1) is 0 Å². The van der Waals surface area contributed by atoms with Crippen LogP contribution in [0.4, 0.5) is 0 Å². The molecule has 0 saturated carbocycles. The summed E-state index contributed by atoms with van der Waals surface area (Å²) in [5, 5.41) is 2.62. The van der Waals surface area contributed by atoms with E-state index in [-0.39, 0.29) is 0 Å². The second-order valence-corrected chi connectivity index (χ2v) is 5.86. The first kappa shape index (κ1) is 13.8. The molecule has 4 rings (SSSR count). The van der Waals surface area contributed by atoms with Crippen molar-refractivity contribution in [1.82, 2.24) is 4.57 Å². The van der Waals surface area contributed by atoms with Crippen LogP contribution in [0.3, 0.4) is 0 Å². The van der Waals surface area contributed by atoms with Crippen LogP contribution in [0.15, 0.2) is 72.8 Å². The van der Waals surface area contributed by atoms with E-state index in [1.54, 1.807) is 0 Å². The lowest BCUT2D eigenvalue weighted by molar-refractivity contribution is 1.17. The second kappa shape index (κ2) is 5.44. The van der Waals surface area contributed by atoms with Crippen molar-refractivity contribution in [3.63, 3.8) is 0 Å². The standard InChI is InChI=1S/C22H19N/c1-3-9-17-14-15-20-19-12-7-8-13-21(19)23(22(20)16(17)2)18-10-5-4-6-11-18/h3-15H,1-2H3/b9-3-. The highest BCUT2D eigenvalue weighted by Crippen LogP contribution is 2.35. The van der Waals surface area contributed by atoms with Gasteiger partial charge in [0.25, 0.3) is 0 Å². The first-order chi connectivity index (χ1) is 11.3. The van der Waals surface area contributed by atoms with E-state index in [1.165, 1.54) is 38.6 Å². The number of nitrogens with zero attached hydrogens (tertiary/aromatic N) is 1. The molecule has 4 aromatic rings. The summed E-state index contributed by atoms with van der Waals surface area (Å²) >= 11 is 0. The molecule has 1 heteroatoms. The summed E-state index contributed by atoms with van der Waals surface area (Å²) in [4.78, 5) is 0. The van der Waals surface area contributed by atoms with Crippen molar-refractivity contribution in [2.45, 2.75) is 13.8 Å². The summed E-state index contributed by atoms with van der Waals surface area (Å²) in [6, 6.07) is 23.7. The van der Waals surface area contributed by atoms with Gasteiger partial charge in [0, 0.05) is 16.5 Å². The fourth-order valence-corrected chi connectivity index (χ4v) is 3.44. The van der Waals surface area contributed by atoms with Gasteiger partial charge in [-0.05, 0) is 43.2 Å². The molecule has 0 spiro atoms. The lowest BCUT2D eigenvalue weighted by Crippen LogP contribution is -1.95. The van der Waals surface area contributed by atoms with Gasteiger partial charge in [0.1, 0.15) is 0 Å². The van der Waals surface area contributed by atoms with Gasteiger partial charge in [0.05, 0.1) is 11.0 Å². The Labute approximate surface area is 136 Å². The Balaban J connectivity index is 2.22. The largest absolute Gasteiger partial charge is 0.309 e. The molecule has 3 aromatic carbocycles. The normalized spacial score (nSPS) is 11.7. The molecule has 112 valence electrons. The highest BCUT2D eigenvalue weighted by molar-refractivity contribution is 6.10. The molecule has 0 bridgehead atoms. The molecule has 0 fully saturated rings. The topological polar surface area (TPSA) is 4.93 Å². The maximum Gasteiger partial charge on any atom is 0.0576 e. The predicted molar refractivity (Wildman–Crippen MR) is 100 cm³/mol. The van der Waals surface area contributed by atoms with Crippen LogP contribution < -0.4 is 0 Å². The summed E-state index contributed by atoms with van der Waals surface area (Å²) in [7, 11) is 0. The zero-order valence-electron chi connectivity index (χ0n) is 13.5. The van der Waals surface area contributed by atoms with Gasteiger partial charge in [-0.3, -0.25) is 0 Å². The number of aryl methyl sites for hydroxylation is 1. The highest BCUT2D eigenvalue weighted by atomic mass is 15.0. The average Bonchev–Trinajstić information content (AvgIpc) is 2.94. The lowest BCUT2D eigenvalue weighted by atomic mass is 10.0. The Kier molecular flexibility index (Phi) is 3.27. The number of hydrogen-bond acceptors (Lipinski definition) is 0. The van der Waals surface area contributed by atoms with Gasteiger partial charge in [-0.25, -0.2) is 0 Å². The minimum atomic E-state index is 1.21. The number of aromatic nitrogens is 1. The molecule has 1 nitrogen and oxygen atoms in total. The Morgan fingerprint density at radius 2 is 1.52 bits per heavy atom. The maximum atomic E-state index is 2.38. The molecule has 0 aliphatic carbocycles. The van der Waals surface area contributed by atoms with Gasteiger partial charge in [-0.1, -0.05) is 60.7 Å². The smallest absolute Gasteiger partial charge is 0.0576 e. The SMILES string of the molecule is C/C=C\c1ccc2c3ccccc3n(-c3ccccc3)c2c1C. The molecule has 0 saturated heterocycles. The summed E-state index contributed by atoms with van der Waals surface area (Å²) in [6.07, 6.45) is 4.28. The van der Waals surface area contributed by atoms with Crippen molar-refractivity contribution < 1.29 is 0 Å². The van der Waals surface area contributed by atoms with E-state index in [0.717, 1.165) is 0 Å². The van der Waals surface area contributed by atoms with Gasteiger partial charge in [0.2, 0.25) is 0 Å². The van der Waals surface area contributed by atoms with Crippen LogP contribution in [0.5, 0.6) is 0 Å². The molecule has 0 aliphatic rings. The molecule has 0 amide bonds. The van der Waals surface area contributed by atoms with E-state index in [2.05, 4.69) is 97.3 Å². The molecule has 0 atom stereocenters. The number of fused-ring (bicyclic) bond motifs is 3. The van der Waals surface area contributed by atoms with Crippen LogP contribution in [0.2, 0.25) is 0 Å². The van der Waals surface area contributed by atoms with Crippen LogP contribution in [-0.2, 0) is 0 Å². The monoisotopic (exact) mass is 297 g/mol. The zero-order chi connectivity index (χ0) is 15.8. The van der Waals surface area contributed by atoms with Crippen LogP contribution in [-0.4, -0.2) is 4.57 Å². The molecule has 1 aromatic heterocycles. The minimum Gasteiger partial charge on any atom is -0.309 e. The quantitative estimate of drug-likeness (QED) is 0.419. The summed E-state index contributed by atoms with van der Waals surface area (Å²) in [5.41, 5.74) is 6.36. The van der Waals surface area contributed by atoms with Gasteiger partial charge in [-0.2, -0.15) is 0 Å². The molecule has 1 heterocycles. The van der Waals surface area contributed by atoms with E-state index in [1.807, 2.05) is 0 Å². The van der Waals surface area contributed by atoms with Crippen LogP contribution in [0, 0.1) is 6.92 Å². The van der Waals surface area contributed by atoms with Crippen LogP contribution in [0.25, 0.3) is 33.6 Å². The number of benzene rings is 3. The third-order valence-electron chi connectivity index (χ3n) is 4.49. The Hall–Kier alpha value is -2.80. The van der Waals surface area contributed by atoms with E-state index in [9.17, 15) is 0 Å². The molecule has 0 unspecified atom stereocenters. The third kappa shape index (κ3) is 2.08. The maximum absolute atomic E-state index is 2.38. The third-order valence-corrected chi connectivity index (χ3v) is 4.49. The fourth-order valence-electron chi connectivity index (χ4n) is 3.44. The van der Waals surface area contributed by atoms with E-state index < -0.39 is 0 Å². The van der Waals surface area contributed by atoms with Crippen molar-refractivity contribution in [1.29, 1.82) is 0 Å². The Morgan fingerprint density at radius 1 is 0.783 bits per heavy atom. The minimum absolute atomic E-state index is 1.21. The van der Waals surface area contributed by atoms with Crippen molar-refractivity contribution in [2.75, 3.05) is 0 Å². The average molecular weight is 297 g/mol. The Morgan fingerprint density at radius 3 is 2.30 bits per heavy atom. The molecule has 23 heavy (non-hydrogen) atoms. The van der Waals surface area contributed by atoms with Gasteiger partial charge >= 0.3 is 0 Å². The highest BCUT2D eigenvalue weighted by Gasteiger charge is 2.14. The van der Waals surface area contributed by atoms with Crippen LogP contribution >= 0.6 is 0 Å². The van der Waals surface area contributed by atoms with Crippen molar-refractivity contribution in [3.05, 3.63) is 83.9 Å². The first-order valence-electron chi connectivity index (χ1n) is 8.02. The van der Waals surface area contributed by atoms with Gasteiger partial charge in [0.15, 0.2) is 0 Å².